The number of carbonyl (C=O) groups excluding carboxylic acids is 3. The Morgan fingerprint density at radius 3 is 2.54 bits per heavy atom. The number of hydrogen-bond donors (Lipinski definition) is 1. The van der Waals surface area contributed by atoms with Crippen LogP contribution < -0.4 is 4.90 Å². The number of quaternary nitrogens is 1. The van der Waals surface area contributed by atoms with E-state index in [1.807, 2.05) is 6.92 Å². The molecule has 1 aromatic rings. The van der Waals surface area contributed by atoms with Gasteiger partial charge in [0.05, 0.1) is 43.9 Å². The lowest BCUT2D eigenvalue weighted by Gasteiger charge is -2.29. The van der Waals surface area contributed by atoms with Crippen LogP contribution in [0.3, 0.4) is 0 Å². The lowest BCUT2D eigenvalue weighted by Crippen LogP contribution is -3.14. The lowest BCUT2D eigenvalue weighted by atomic mass is 9.98. The Balaban J connectivity index is 1.58. The molecule has 2 heterocycles. The van der Waals surface area contributed by atoms with Gasteiger partial charge in [-0.3, -0.25) is 19.3 Å². The molecule has 2 aliphatic rings. The molecule has 2 aliphatic heterocycles. The van der Waals surface area contributed by atoms with Gasteiger partial charge < -0.3 is 9.64 Å². The molecule has 0 aromatic heterocycles. The number of piperidine rings is 1. The zero-order chi connectivity index (χ0) is 17.1. The third-order valence-electron chi connectivity index (χ3n) is 4.81. The van der Waals surface area contributed by atoms with Gasteiger partial charge in [-0.25, -0.2) is 0 Å². The SMILES string of the molecule is CCOC(=O)[C@@H]1CCC[NH+](CCN2C(=O)c3ccccc3C2=O)C1. The molecule has 0 bridgehead atoms. The molecule has 2 amide bonds. The number of ether oxygens (including phenoxy) is 1. The molecular weight excluding hydrogens is 308 g/mol. The van der Waals surface area contributed by atoms with E-state index in [0.29, 0.717) is 37.4 Å². The maximum absolute atomic E-state index is 12.4. The average molecular weight is 331 g/mol. The van der Waals surface area contributed by atoms with Crippen molar-refractivity contribution in [1.29, 1.82) is 0 Å². The molecule has 6 nitrogen and oxygen atoms in total. The van der Waals surface area contributed by atoms with E-state index < -0.39 is 0 Å². The zero-order valence-corrected chi connectivity index (χ0v) is 13.9. The number of fused-ring (bicyclic) bond motifs is 1. The number of imide groups is 1. The summed E-state index contributed by atoms with van der Waals surface area (Å²) in [4.78, 5) is 39.2. The van der Waals surface area contributed by atoms with Crippen molar-refractivity contribution in [3.8, 4) is 0 Å². The van der Waals surface area contributed by atoms with Crippen LogP contribution in [0, 0.1) is 5.92 Å². The largest absolute Gasteiger partial charge is 0.466 e. The molecule has 128 valence electrons. The summed E-state index contributed by atoms with van der Waals surface area (Å²) >= 11 is 0. The quantitative estimate of drug-likeness (QED) is 0.616. The second kappa shape index (κ2) is 7.13. The van der Waals surface area contributed by atoms with Crippen LogP contribution >= 0.6 is 0 Å². The summed E-state index contributed by atoms with van der Waals surface area (Å²) in [6.45, 7) is 4.94. The first-order valence-electron chi connectivity index (χ1n) is 8.57. The number of rotatable bonds is 5. The zero-order valence-electron chi connectivity index (χ0n) is 13.9. The van der Waals surface area contributed by atoms with Crippen LogP contribution in [0.15, 0.2) is 24.3 Å². The van der Waals surface area contributed by atoms with E-state index >= 15 is 0 Å². The number of esters is 1. The van der Waals surface area contributed by atoms with Crippen LogP contribution in [0.4, 0.5) is 0 Å². The summed E-state index contributed by atoms with van der Waals surface area (Å²) in [6.07, 6.45) is 1.82. The van der Waals surface area contributed by atoms with Gasteiger partial charge in [-0.1, -0.05) is 12.1 Å². The molecule has 2 atom stereocenters. The van der Waals surface area contributed by atoms with E-state index in [1.54, 1.807) is 24.3 Å². The van der Waals surface area contributed by atoms with Gasteiger partial charge in [-0.2, -0.15) is 0 Å². The van der Waals surface area contributed by atoms with Gasteiger partial charge in [0.25, 0.3) is 11.8 Å². The van der Waals surface area contributed by atoms with Crippen molar-refractivity contribution in [2.75, 3.05) is 32.8 Å². The maximum Gasteiger partial charge on any atom is 0.314 e. The van der Waals surface area contributed by atoms with Crippen LogP contribution in [0.25, 0.3) is 0 Å². The van der Waals surface area contributed by atoms with Crippen LogP contribution in [0.2, 0.25) is 0 Å². The number of benzene rings is 1. The number of nitrogens with zero attached hydrogens (tertiary/aromatic N) is 1. The number of carbonyl (C=O) groups is 3. The van der Waals surface area contributed by atoms with Gasteiger partial charge in [0.2, 0.25) is 0 Å². The van der Waals surface area contributed by atoms with Gasteiger partial charge in [-0.15, -0.1) is 0 Å². The van der Waals surface area contributed by atoms with E-state index in [1.165, 1.54) is 9.80 Å². The normalized spacial score (nSPS) is 23.3. The maximum atomic E-state index is 12.4. The van der Waals surface area contributed by atoms with Crippen molar-refractivity contribution in [3.05, 3.63) is 35.4 Å². The minimum atomic E-state index is -0.214. The van der Waals surface area contributed by atoms with Gasteiger partial charge in [0, 0.05) is 0 Å². The summed E-state index contributed by atoms with van der Waals surface area (Å²) < 4.78 is 5.11. The minimum Gasteiger partial charge on any atom is -0.466 e. The van der Waals surface area contributed by atoms with Crippen LogP contribution in [0.1, 0.15) is 40.5 Å². The van der Waals surface area contributed by atoms with E-state index in [-0.39, 0.29) is 23.7 Å². The van der Waals surface area contributed by atoms with E-state index in [0.717, 1.165) is 19.4 Å². The predicted molar refractivity (Wildman–Crippen MR) is 86.7 cm³/mol. The monoisotopic (exact) mass is 331 g/mol. The molecule has 1 fully saturated rings. The van der Waals surface area contributed by atoms with E-state index in [9.17, 15) is 14.4 Å². The molecule has 0 saturated carbocycles. The van der Waals surface area contributed by atoms with Gasteiger partial charge in [0.1, 0.15) is 5.92 Å². The highest BCUT2D eigenvalue weighted by Gasteiger charge is 2.36. The first-order valence-corrected chi connectivity index (χ1v) is 8.57. The van der Waals surface area contributed by atoms with Crippen molar-refractivity contribution in [2.24, 2.45) is 5.92 Å². The fraction of sp³-hybridized carbons (Fsp3) is 0.500. The Labute approximate surface area is 141 Å². The molecule has 0 aliphatic carbocycles. The highest BCUT2D eigenvalue weighted by Crippen LogP contribution is 2.21. The summed E-state index contributed by atoms with van der Waals surface area (Å²) in [5.41, 5.74) is 0.973. The first-order chi connectivity index (χ1) is 11.6. The number of hydrogen-bond acceptors (Lipinski definition) is 4. The Morgan fingerprint density at radius 2 is 1.92 bits per heavy atom. The Kier molecular flexibility index (Phi) is 4.94. The number of likely N-dealkylation sites (tertiary alicyclic amines) is 1. The molecule has 0 spiro atoms. The first kappa shape index (κ1) is 16.6. The molecule has 0 radical (unpaired) electrons. The Bertz CT molecular complexity index is 623. The molecule has 24 heavy (non-hydrogen) atoms. The summed E-state index contributed by atoms with van der Waals surface area (Å²) in [7, 11) is 0. The standard InChI is InChI=1S/C18H22N2O4/c1-2-24-18(23)13-6-5-9-19(12-13)10-11-20-16(21)14-7-3-4-8-15(14)17(20)22/h3-4,7-8,13H,2,5-6,9-12H2,1H3/p+1/t13-/m1/s1. The molecule has 1 aromatic carbocycles. The Hall–Kier alpha value is -2.21. The second-order valence-electron chi connectivity index (χ2n) is 6.35. The van der Waals surface area contributed by atoms with Gasteiger partial charge >= 0.3 is 5.97 Å². The summed E-state index contributed by atoms with van der Waals surface area (Å²) in [5.74, 6) is -0.630. The van der Waals surface area contributed by atoms with Crippen molar-refractivity contribution in [3.63, 3.8) is 0 Å². The third kappa shape index (κ3) is 3.19. The van der Waals surface area contributed by atoms with Crippen molar-refractivity contribution >= 4 is 17.8 Å². The Morgan fingerprint density at radius 1 is 1.25 bits per heavy atom. The van der Waals surface area contributed by atoms with E-state index in [4.69, 9.17) is 4.74 Å². The summed E-state index contributed by atoms with van der Waals surface area (Å²) in [5, 5.41) is 0. The third-order valence-corrected chi connectivity index (χ3v) is 4.81. The predicted octanol–water partition coefficient (Wildman–Crippen LogP) is 0.141. The van der Waals surface area contributed by atoms with Crippen LogP contribution in [-0.4, -0.2) is 55.5 Å². The van der Waals surface area contributed by atoms with Crippen LogP contribution in [-0.2, 0) is 9.53 Å². The molecule has 1 saturated heterocycles. The topological polar surface area (TPSA) is 68.1 Å². The fourth-order valence-electron chi connectivity index (χ4n) is 3.55. The van der Waals surface area contributed by atoms with Gasteiger partial charge in [0.15, 0.2) is 0 Å². The summed E-state index contributed by atoms with van der Waals surface area (Å²) in [6, 6.07) is 6.93. The lowest BCUT2D eigenvalue weighted by molar-refractivity contribution is -0.906. The average Bonchev–Trinajstić information content (AvgIpc) is 2.85. The molecule has 6 heteroatoms. The van der Waals surface area contributed by atoms with E-state index in [2.05, 4.69) is 0 Å². The molecule has 1 unspecified atom stereocenters. The smallest absolute Gasteiger partial charge is 0.314 e. The van der Waals surface area contributed by atoms with Crippen molar-refractivity contribution in [1.82, 2.24) is 4.90 Å². The molecular formula is C18H23N2O4+. The molecule has 3 rings (SSSR count). The van der Waals surface area contributed by atoms with Crippen LogP contribution in [0.5, 0.6) is 0 Å². The highest BCUT2D eigenvalue weighted by molar-refractivity contribution is 6.21. The minimum absolute atomic E-state index is 0.0733. The second-order valence-corrected chi connectivity index (χ2v) is 6.35. The highest BCUT2D eigenvalue weighted by atomic mass is 16.5. The molecule has 1 N–H and O–H groups in total. The van der Waals surface area contributed by atoms with Gasteiger partial charge in [-0.05, 0) is 31.9 Å². The van der Waals surface area contributed by atoms with Crippen molar-refractivity contribution < 1.29 is 24.0 Å². The van der Waals surface area contributed by atoms with Crippen molar-refractivity contribution in [2.45, 2.75) is 19.8 Å². The number of amides is 2. The number of nitrogens with one attached hydrogen (secondary N) is 1. The fourth-order valence-corrected chi connectivity index (χ4v) is 3.55.